The van der Waals surface area contributed by atoms with Crippen molar-refractivity contribution in [3.63, 3.8) is 0 Å². The van der Waals surface area contributed by atoms with Crippen molar-refractivity contribution in [2.45, 2.75) is 45.2 Å². The van der Waals surface area contributed by atoms with Gasteiger partial charge in [-0.05, 0) is 44.0 Å². The molecule has 0 bridgehead atoms. The SMILES string of the molecule is CNCc1cc(Nc2cccc(Cl)c2)n(CC2CCCCC2)n1.Cl.Cl. The van der Waals surface area contributed by atoms with Crippen molar-refractivity contribution >= 4 is 47.9 Å². The van der Waals surface area contributed by atoms with E-state index in [1.54, 1.807) is 0 Å². The molecule has 0 saturated heterocycles. The van der Waals surface area contributed by atoms with Crippen LogP contribution < -0.4 is 10.6 Å². The lowest BCUT2D eigenvalue weighted by atomic mass is 9.89. The Morgan fingerprint density at radius 2 is 1.92 bits per heavy atom. The van der Waals surface area contributed by atoms with Gasteiger partial charge in [0.2, 0.25) is 0 Å². The molecule has 0 unspecified atom stereocenters. The molecular formula is C18H27Cl3N4. The molecule has 1 fully saturated rings. The molecule has 0 radical (unpaired) electrons. The molecule has 1 aliphatic carbocycles. The Morgan fingerprint density at radius 3 is 2.60 bits per heavy atom. The zero-order chi connectivity index (χ0) is 16.1. The fourth-order valence-electron chi connectivity index (χ4n) is 3.31. The van der Waals surface area contributed by atoms with Crippen LogP contribution in [0.4, 0.5) is 11.5 Å². The van der Waals surface area contributed by atoms with Crippen LogP contribution in [0.2, 0.25) is 5.02 Å². The predicted octanol–water partition coefficient (Wildman–Crippen LogP) is 5.42. The van der Waals surface area contributed by atoms with Crippen molar-refractivity contribution in [3.8, 4) is 0 Å². The molecule has 25 heavy (non-hydrogen) atoms. The van der Waals surface area contributed by atoms with E-state index in [2.05, 4.69) is 21.4 Å². The molecule has 1 saturated carbocycles. The maximum Gasteiger partial charge on any atom is 0.128 e. The summed E-state index contributed by atoms with van der Waals surface area (Å²) in [5, 5.41) is 12.2. The smallest absolute Gasteiger partial charge is 0.128 e. The Balaban J connectivity index is 0.00000156. The van der Waals surface area contributed by atoms with Crippen LogP contribution in [0.25, 0.3) is 0 Å². The standard InChI is InChI=1S/C18H25ClN4.2ClH/c1-20-12-17-11-18(21-16-9-5-8-15(19)10-16)23(22-17)13-14-6-3-2-4-7-14;;/h5,8-11,14,20-21H,2-4,6-7,12-13H2,1H3;2*1H. The molecule has 0 aliphatic heterocycles. The predicted molar refractivity (Wildman–Crippen MR) is 111 cm³/mol. The van der Waals surface area contributed by atoms with Crippen LogP contribution in [0.5, 0.6) is 0 Å². The summed E-state index contributed by atoms with van der Waals surface area (Å²) in [4.78, 5) is 0. The minimum absolute atomic E-state index is 0. The van der Waals surface area contributed by atoms with E-state index in [1.807, 2.05) is 31.3 Å². The first kappa shape index (κ1) is 22.1. The van der Waals surface area contributed by atoms with Crippen LogP contribution in [-0.4, -0.2) is 16.8 Å². The molecule has 0 spiro atoms. The summed E-state index contributed by atoms with van der Waals surface area (Å²) in [6.07, 6.45) is 6.72. The minimum atomic E-state index is 0. The number of nitrogens with zero attached hydrogens (tertiary/aromatic N) is 2. The van der Waals surface area contributed by atoms with Crippen LogP contribution in [-0.2, 0) is 13.1 Å². The molecule has 0 amide bonds. The Hall–Kier alpha value is -0.940. The van der Waals surface area contributed by atoms with Gasteiger partial charge in [-0.2, -0.15) is 5.10 Å². The van der Waals surface area contributed by atoms with Gasteiger partial charge in [-0.15, -0.1) is 24.8 Å². The molecule has 7 heteroatoms. The van der Waals surface area contributed by atoms with E-state index in [0.717, 1.165) is 41.2 Å². The molecular weight excluding hydrogens is 379 g/mol. The maximum atomic E-state index is 6.09. The molecule has 4 nitrogen and oxygen atoms in total. The van der Waals surface area contributed by atoms with Crippen LogP contribution >= 0.6 is 36.4 Å². The summed E-state index contributed by atoms with van der Waals surface area (Å²) < 4.78 is 2.13. The van der Waals surface area contributed by atoms with Crippen LogP contribution in [0.1, 0.15) is 37.8 Å². The highest BCUT2D eigenvalue weighted by atomic mass is 35.5. The molecule has 1 heterocycles. The van der Waals surface area contributed by atoms with E-state index in [1.165, 1.54) is 32.1 Å². The Bertz CT molecular complexity index is 639. The van der Waals surface area contributed by atoms with Gasteiger partial charge in [-0.1, -0.05) is 36.9 Å². The summed E-state index contributed by atoms with van der Waals surface area (Å²) in [6.45, 7) is 1.77. The summed E-state index contributed by atoms with van der Waals surface area (Å²) in [6, 6.07) is 9.94. The van der Waals surface area contributed by atoms with Gasteiger partial charge in [0.15, 0.2) is 0 Å². The summed E-state index contributed by atoms with van der Waals surface area (Å²) in [5.41, 5.74) is 2.06. The third-order valence-corrected chi connectivity index (χ3v) is 4.68. The highest BCUT2D eigenvalue weighted by Gasteiger charge is 2.17. The highest BCUT2D eigenvalue weighted by Crippen LogP contribution is 2.27. The van der Waals surface area contributed by atoms with Crippen LogP contribution in [0.15, 0.2) is 30.3 Å². The zero-order valence-electron chi connectivity index (χ0n) is 14.5. The second-order valence-electron chi connectivity index (χ2n) is 6.37. The second-order valence-corrected chi connectivity index (χ2v) is 6.81. The van der Waals surface area contributed by atoms with E-state index in [0.29, 0.717) is 0 Å². The van der Waals surface area contributed by atoms with E-state index in [9.17, 15) is 0 Å². The number of aromatic nitrogens is 2. The molecule has 1 aromatic carbocycles. The Kier molecular flexibility index (Phi) is 9.65. The van der Waals surface area contributed by atoms with Gasteiger partial charge in [0, 0.05) is 29.9 Å². The third-order valence-electron chi connectivity index (χ3n) is 4.44. The number of nitrogens with one attached hydrogen (secondary N) is 2. The highest BCUT2D eigenvalue weighted by molar-refractivity contribution is 6.30. The Morgan fingerprint density at radius 1 is 1.16 bits per heavy atom. The fraction of sp³-hybridized carbons (Fsp3) is 0.500. The van der Waals surface area contributed by atoms with Crippen molar-refractivity contribution in [2.75, 3.05) is 12.4 Å². The fourth-order valence-corrected chi connectivity index (χ4v) is 3.50. The molecule has 1 aromatic heterocycles. The quantitative estimate of drug-likeness (QED) is 0.674. The van der Waals surface area contributed by atoms with Gasteiger partial charge < -0.3 is 10.6 Å². The van der Waals surface area contributed by atoms with Gasteiger partial charge in [0.1, 0.15) is 5.82 Å². The van der Waals surface area contributed by atoms with E-state index >= 15 is 0 Å². The van der Waals surface area contributed by atoms with E-state index < -0.39 is 0 Å². The number of halogens is 3. The average molecular weight is 406 g/mol. The zero-order valence-corrected chi connectivity index (χ0v) is 16.9. The van der Waals surface area contributed by atoms with Gasteiger partial charge in [-0.25, -0.2) is 4.68 Å². The number of rotatable bonds is 6. The molecule has 2 N–H and O–H groups in total. The monoisotopic (exact) mass is 404 g/mol. The van der Waals surface area contributed by atoms with Gasteiger partial charge in [-0.3, -0.25) is 0 Å². The van der Waals surface area contributed by atoms with E-state index in [4.69, 9.17) is 16.7 Å². The first-order valence-corrected chi connectivity index (χ1v) is 8.86. The topological polar surface area (TPSA) is 41.9 Å². The first-order valence-electron chi connectivity index (χ1n) is 8.48. The van der Waals surface area contributed by atoms with Crippen molar-refractivity contribution in [1.82, 2.24) is 15.1 Å². The van der Waals surface area contributed by atoms with Crippen LogP contribution in [0, 0.1) is 5.92 Å². The lowest BCUT2D eigenvalue weighted by Crippen LogP contribution is -2.17. The largest absolute Gasteiger partial charge is 0.340 e. The van der Waals surface area contributed by atoms with Crippen molar-refractivity contribution in [3.05, 3.63) is 41.0 Å². The molecule has 3 rings (SSSR count). The number of hydrogen-bond acceptors (Lipinski definition) is 3. The molecule has 140 valence electrons. The van der Waals surface area contributed by atoms with Crippen molar-refractivity contribution < 1.29 is 0 Å². The third kappa shape index (κ3) is 6.37. The molecule has 0 atom stereocenters. The second kappa shape index (κ2) is 10.9. The summed E-state index contributed by atoms with van der Waals surface area (Å²) in [7, 11) is 1.95. The van der Waals surface area contributed by atoms with E-state index in [-0.39, 0.29) is 24.8 Å². The van der Waals surface area contributed by atoms with Gasteiger partial charge in [0.05, 0.1) is 5.69 Å². The van der Waals surface area contributed by atoms with Gasteiger partial charge in [0.25, 0.3) is 0 Å². The Labute approximate surface area is 167 Å². The first-order chi connectivity index (χ1) is 11.2. The van der Waals surface area contributed by atoms with Crippen LogP contribution in [0.3, 0.4) is 0 Å². The lowest BCUT2D eigenvalue weighted by Gasteiger charge is -2.22. The molecule has 2 aromatic rings. The normalized spacial score (nSPS) is 14.5. The summed E-state index contributed by atoms with van der Waals surface area (Å²) in [5.74, 6) is 1.79. The summed E-state index contributed by atoms with van der Waals surface area (Å²) >= 11 is 6.09. The lowest BCUT2D eigenvalue weighted by molar-refractivity contribution is 0.309. The maximum absolute atomic E-state index is 6.09. The number of anilines is 2. The molecule has 1 aliphatic rings. The van der Waals surface area contributed by atoms with Crippen molar-refractivity contribution in [1.29, 1.82) is 0 Å². The number of benzene rings is 1. The van der Waals surface area contributed by atoms with Crippen molar-refractivity contribution in [2.24, 2.45) is 5.92 Å². The average Bonchev–Trinajstić information content (AvgIpc) is 2.90. The minimum Gasteiger partial charge on any atom is -0.340 e. The number of hydrogen-bond donors (Lipinski definition) is 2. The van der Waals surface area contributed by atoms with Gasteiger partial charge >= 0.3 is 0 Å².